The molecule has 11 heavy (non-hydrogen) atoms. The summed E-state index contributed by atoms with van der Waals surface area (Å²) >= 11 is 0. The van der Waals surface area contributed by atoms with E-state index in [4.69, 9.17) is 13.8 Å². The summed E-state index contributed by atoms with van der Waals surface area (Å²) in [6, 6.07) is 0. The third-order valence-electron chi connectivity index (χ3n) is 0.900. The SMILES string of the molecule is CN(C)OP1(=O)OCN(C)O1. The number of hydrogen-bond donors (Lipinski definition) is 0. The Hall–Kier alpha value is 0.0300. The van der Waals surface area contributed by atoms with Crippen LogP contribution in [-0.2, 0) is 18.3 Å². The molecule has 0 amide bonds. The van der Waals surface area contributed by atoms with Gasteiger partial charge in [-0.05, 0) is 0 Å². The molecule has 1 fully saturated rings. The first kappa shape index (κ1) is 9.12. The smallest absolute Gasteiger partial charge is 0.267 e. The van der Waals surface area contributed by atoms with Crippen molar-refractivity contribution >= 4 is 7.82 Å². The first-order chi connectivity index (χ1) is 5.02. The van der Waals surface area contributed by atoms with E-state index in [1.165, 1.54) is 10.1 Å². The Morgan fingerprint density at radius 1 is 1.64 bits per heavy atom. The normalized spacial score (nSPS) is 33.5. The van der Waals surface area contributed by atoms with Crippen molar-refractivity contribution in [3.63, 3.8) is 0 Å². The summed E-state index contributed by atoms with van der Waals surface area (Å²) in [6.07, 6.45) is 0. The van der Waals surface area contributed by atoms with Gasteiger partial charge in [0.15, 0.2) is 0 Å². The summed E-state index contributed by atoms with van der Waals surface area (Å²) in [5.41, 5.74) is 0. The van der Waals surface area contributed by atoms with Crippen molar-refractivity contribution in [3.05, 3.63) is 0 Å². The highest BCUT2D eigenvalue weighted by Crippen LogP contribution is 2.54. The van der Waals surface area contributed by atoms with E-state index in [-0.39, 0.29) is 6.73 Å². The predicted octanol–water partition coefficient (Wildman–Crippen LogP) is 0.439. The Morgan fingerprint density at radius 3 is 2.64 bits per heavy atom. The van der Waals surface area contributed by atoms with Gasteiger partial charge in [-0.1, -0.05) is 0 Å². The third-order valence-corrected chi connectivity index (χ3v) is 2.34. The van der Waals surface area contributed by atoms with E-state index < -0.39 is 7.82 Å². The molecule has 0 aromatic rings. The highest BCUT2D eigenvalue weighted by molar-refractivity contribution is 7.48. The third kappa shape index (κ3) is 2.52. The first-order valence-corrected chi connectivity index (χ1v) is 4.50. The summed E-state index contributed by atoms with van der Waals surface area (Å²) in [5, 5.41) is 2.59. The van der Waals surface area contributed by atoms with Crippen molar-refractivity contribution in [2.75, 3.05) is 27.9 Å². The average molecular weight is 182 g/mol. The summed E-state index contributed by atoms with van der Waals surface area (Å²) in [5.74, 6) is 0. The topological polar surface area (TPSA) is 51.2 Å². The fourth-order valence-corrected chi connectivity index (χ4v) is 1.83. The highest BCUT2D eigenvalue weighted by Gasteiger charge is 2.37. The maximum absolute atomic E-state index is 11.3. The fraction of sp³-hybridized carbons (Fsp3) is 1.00. The molecule has 6 nitrogen and oxygen atoms in total. The van der Waals surface area contributed by atoms with E-state index in [2.05, 4.69) is 0 Å². The molecular formula is C4H11N2O4P. The molecule has 0 aromatic heterocycles. The van der Waals surface area contributed by atoms with E-state index in [1.807, 2.05) is 0 Å². The van der Waals surface area contributed by atoms with Gasteiger partial charge in [0.1, 0.15) is 6.73 Å². The van der Waals surface area contributed by atoms with Crippen molar-refractivity contribution in [1.29, 1.82) is 0 Å². The quantitative estimate of drug-likeness (QED) is 0.456. The van der Waals surface area contributed by atoms with Gasteiger partial charge in [-0.3, -0.25) is 4.52 Å². The summed E-state index contributed by atoms with van der Waals surface area (Å²) in [4.78, 5) is 0. The maximum Gasteiger partial charge on any atom is 0.509 e. The van der Waals surface area contributed by atoms with Crippen molar-refractivity contribution in [2.45, 2.75) is 0 Å². The number of nitrogens with zero attached hydrogens (tertiary/aromatic N) is 2. The van der Waals surface area contributed by atoms with Crippen molar-refractivity contribution in [2.24, 2.45) is 0 Å². The van der Waals surface area contributed by atoms with Gasteiger partial charge in [0.05, 0.1) is 0 Å². The van der Waals surface area contributed by atoms with E-state index in [0.717, 1.165) is 0 Å². The second-order valence-electron chi connectivity index (χ2n) is 2.31. The molecule has 0 spiro atoms. The maximum atomic E-state index is 11.3. The van der Waals surface area contributed by atoms with Gasteiger partial charge in [-0.15, -0.1) is 0 Å². The molecule has 1 aliphatic rings. The van der Waals surface area contributed by atoms with E-state index in [1.54, 1.807) is 21.1 Å². The van der Waals surface area contributed by atoms with Crippen LogP contribution in [0.25, 0.3) is 0 Å². The number of hydrogen-bond acceptors (Lipinski definition) is 6. The van der Waals surface area contributed by atoms with Crippen LogP contribution >= 0.6 is 7.82 Å². The number of hydroxylamine groups is 4. The van der Waals surface area contributed by atoms with Crippen molar-refractivity contribution in [1.82, 2.24) is 10.1 Å². The highest BCUT2D eigenvalue weighted by atomic mass is 31.2. The lowest BCUT2D eigenvalue weighted by atomic mass is 11.1. The van der Waals surface area contributed by atoms with Gasteiger partial charge in [0, 0.05) is 21.1 Å². The van der Waals surface area contributed by atoms with Gasteiger partial charge in [0.2, 0.25) is 0 Å². The molecule has 0 bridgehead atoms. The average Bonchev–Trinajstić information content (AvgIpc) is 2.08. The Balaban J connectivity index is 2.49. The van der Waals surface area contributed by atoms with Crippen molar-refractivity contribution in [3.8, 4) is 0 Å². The van der Waals surface area contributed by atoms with Crippen LogP contribution in [0.2, 0.25) is 0 Å². The van der Waals surface area contributed by atoms with Crippen LogP contribution in [0.5, 0.6) is 0 Å². The standard InChI is InChI=1S/C4H11N2O4P/c1-5(2)9-11(7)8-4-6(3)10-11/h4H2,1-3H3. The molecule has 1 rings (SSSR count). The van der Waals surface area contributed by atoms with Gasteiger partial charge in [-0.2, -0.15) is 19.4 Å². The van der Waals surface area contributed by atoms with Crippen LogP contribution in [0.4, 0.5) is 0 Å². The Kier molecular flexibility index (Phi) is 2.64. The summed E-state index contributed by atoms with van der Waals surface area (Å²) < 4.78 is 25.6. The molecule has 66 valence electrons. The molecule has 1 unspecified atom stereocenters. The Morgan fingerprint density at radius 2 is 2.27 bits per heavy atom. The molecule has 7 heteroatoms. The van der Waals surface area contributed by atoms with Gasteiger partial charge in [0.25, 0.3) is 0 Å². The molecule has 0 aromatic carbocycles. The molecule has 1 heterocycles. The molecule has 0 aliphatic carbocycles. The molecule has 0 radical (unpaired) electrons. The lowest BCUT2D eigenvalue weighted by Gasteiger charge is -2.13. The van der Waals surface area contributed by atoms with E-state index in [0.29, 0.717) is 0 Å². The lowest BCUT2D eigenvalue weighted by molar-refractivity contribution is -0.0659. The van der Waals surface area contributed by atoms with Gasteiger partial charge in [-0.25, -0.2) is 4.57 Å². The molecule has 1 saturated heterocycles. The Bertz CT molecular complexity index is 185. The second-order valence-corrected chi connectivity index (χ2v) is 3.79. The first-order valence-electron chi connectivity index (χ1n) is 3.04. The van der Waals surface area contributed by atoms with Crippen LogP contribution in [0.15, 0.2) is 0 Å². The largest absolute Gasteiger partial charge is 0.509 e. The zero-order valence-corrected chi connectivity index (χ0v) is 7.58. The number of rotatable bonds is 2. The van der Waals surface area contributed by atoms with Crippen LogP contribution in [0.3, 0.4) is 0 Å². The van der Waals surface area contributed by atoms with Crippen LogP contribution in [0, 0.1) is 0 Å². The van der Waals surface area contributed by atoms with E-state index in [9.17, 15) is 4.57 Å². The fourth-order valence-electron chi connectivity index (χ4n) is 0.608. The molecule has 0 N–H and O–H groups in total. The minimum absolute atomic E-state index is 0.158. The molecule has 1 aliphatic heterocycles. The molecule has 1 atom stereocenters. The second kappa shape index (κ2) is 3.18. The lowest BCUT2D eigenvalue weighted by Crippen LogP contribution is -2.12. The van der Waals surface area contributed by atoms with Crippen molar-refractivity contribution < 1.29 is 18.3 Å². The molecule has 0 saturated carbocycles. The summed E-state index contributed by atoms with van der Waals surface area (Å²) in [7, 11) is 1.48. The van der Waals surface area contributed by atoms with E-state index >= 15 is 0 Å². The minimum Gasteiger partial charge on any atom is -0.267 e. The minimum atomic E-state index is -3.33. The monoisotopic (exact) mass is 182 g/mol. The molecular weight excluding hydrogens is 171 g/mol. The number of phosphoric acid groups is 1. The van der Waals surface area contributed by atoms with Crippen LogP contribution in [-0.4, -0.2) is 38.0 Å². The predicted molar refractivity (Wildman–Crippen MR) is 37.2 cm³/mol. The summed E-state index contributed by atoms with van der Waals surface area (Å²) in [6.45, 7) is 0.158. The van der Waals surface area contributed by atoms with Crippen LogP contribution < -0.4 is 0 Å². The van der Waals surface area contributed by atoms with Crippen LogP contribution in [0.1, 0.15) is 0 Å². The zero-order chi connectivity index (χ0) is 8.48. The van der Waals surface area contributed by atoms with Gasteiger partial charge < -0.3 is 0 Å². The van der Waals surface area contributed by atoms with Gasteiger partial charge >= 0.3 is 7.82 Å². The zero-order valence-electron chi connectivity index (χ0n) is 6.68. The Labute approximate surface area is 65.1 Å².